The topological polar surface area (TPSA) is 86.2 Å². The van der Waals surface area contributed by atoms with Crippen molar-refractivity contribution >= 4 is 31.5 Å². The van der Waals surface area contributed by atoms with E-state index in [9.17, 15) is 28.4 Å². The molecular weight excluding hydrogens is 559 g/mol. The van der Waals surface area contributed by atoms with Crippen LogP contribution in [0.3, 0.4) is 0 Å². The number of halogens is 5. The van der Waals surface area contributed by atoms with Gasteiger partial charge in [-0.3, -0.25) is 9.78 Å². The zero-order valence-corrected chi connectivity index (χ0v) is 22.9. The van der Waals surface area contributed by atoms with Crippen molar-refractivity contribution < 1.29 is 28.4 Å². The van der Waals surface area contributed by atoms with E-state index >= 15 is 0 Å². The molecule has 0 aliphatic heterocycles. The van der Waals surface area contributed by atoms with Crippen molar-refractivity contribution in [1.82, 2.24) is 9.88 Å². The van der Waals surface area contributed by atoms with Crippen molar-refractivity contribution in [3.63, 3.8) is 0 Å². The number of amides is 1. The molecule has 0 spiro atoms. The van der Waals surface area contributed by atoms with E-state index in [2.05, 4.69) is 10.3 Å². The normalized spacial score (nSPS) is 21.2. The second kappa shape index (κ2) is 9.47. The Morgan fingerprint density at radius 1 is 0.923 bits per heavy atom. The Hall–Kier alpha value is -3.19. The van der Waals surface area contributed by atoms with Gasteiger partial charge in [-0.25, -0.2) is 8.99 Å². The highest BCUT2D eigenvalue weighted by molar-refractivity contribution is 8.45. The third-order valence-corrected chi connectivity index (χ3v) is 10.3. The van der Waals surface area contributed by atoms with E-state index in [1.54, 1.807) is 56.7 Å². The summed E-state index contributed by atoms with van der Waals surface area (Å²) in [5, 5.41) is 2.66. The van der Waals surface area contributed by atoms with Crippen molar-refractivity contribution in [2.24, 2.45) is 0 Å². The maximum atomic E-state index is 13.5. The van der Waals surface area contributed by atoms with Crippen molar-refractivity contribution in [3.05, 3.63) is 72.6 Å². The number of aromatic nitrogens is 1. The molecule has 0 bridgehead atoms. The summed E-state index contributed by atoms with van der Waals surface area (Å²) in [5.41, 5.74) is 2.14. The minimum absolute atomic E-state index is 0.143. The summed E-state index contributed by atoms with van der Waals surface area (Å²) in [6.45, 7) is 0. The molecule has 212 valence electrons. The molecule has 1 heterocycles. The molecule has 13 heteroatoms. The van der Waals surface area contributed by atoms with Gasteiger partial charge < -0.3 is 10.2 Å². The Labute approximate surface area is 224 Å². The van der Waals surface area contributed by atoms with E-state index in [1.165, 1.54) is 4.90 Å². The molecule has 6 nitrogen and oxygen atoms in total. The fraction of sp³-hybridized carbons (Fsp3) is 0.308. The minimum Gasteiger partial charge on any atom is -0.382 e. The van der Waals surface area contributed by atoms with Gasteiger partial charge in [0.25, 0.3) is 5.91 Å². The zero-order valence-electron chi connectivity index (χ0n) is 21.3. The summed E-state index contributed by atoms with van der Waals surface area (Å²) in [6, 6.07) is 12.8. The summed E-state index contributed by atoms with van der Waals surface area (Å²) < 4.78 is 86.8. The largest absolute Gasteiger partial charge is 0.382 e. The molecule has 1 fully saturated rings. The molecule has 1 aliphatic rings. The fourth-order valence-electron chi connectivity index (χ4n) is 4.58. The third kappa shape index (κ3) is 6.70. The number of anilines is 1. The van der Waals surface area contributed by atoms with E-state index in [-0.39, 0.29) is 17.6 Å². The predicted molar refractivity (Wildman–Crippen MR) is 144 cm³/mol. The summed E-state index contributed by atoms with van der Waals surface area (Å²) in [7, 11) is -9.57. The first-order valence-electron chi connectivity index (χ1n) is 12.1. The summed E-state index contributed by atoms with van der Waals surface area (Å²) >= 11 is 0. The van der Waals surface area contributed by atoms with Crippen LogP contribution in [0.25, 0.3) is 11.1 Å². The van der Waals surface area contributed by atoms with E-state index in [1.807, 2.05) is 0 Å². The van der Waals surface area contributed by atoms with Crippen molar-refractivity contribution in [2.45, 2.75) is 46.8 Å². The molecule has 1 aromatic heterocycles. The minimum atomic E-state index is -9.71. The number of carbonyl (C=O) groups is 1. The van der Waals surface area contributed by atoms with Crippen molar-refractivity contribution in [3.8, 4) is 11.1 Å². The van der Waals surface area contributed by atoms with Crippen LogP contribution in [0.2, 0.25) is 0 Å². The number of hydrogen-bond donors (Lipinski definition) is 2. The molecule has 2 aromatic carbocycles. The Morgan fingerprint density at radius 2 is 1.51 bits per heavy atom. The van der Waals surface area contributed by atoms with Crippen LogP contribution in [0.4, 0.5) is 25.1 Å². The number of rotatable bonds is 7. The number of nitrogens with zero attached hydrogens (tertiary/aromatic N) is 2. The van der Waals surface area contributed by atoms with Crippen LogP contribution in [0.5, 0.6) is 0 Å². The van der Waals surface area contributed by atoms with E-state index < -0.39 is 30.1 Å². The number of benzene rings is 2. The standard InChI is InChI=1S/C26H29F5N4O2S2/c1-35(2)26(36)25-17-19(15-16-33-25)18-3-9-22(10-4-18)38(32,37)23-11-5-20(6-12-23)34-21-7-13-24(14-8-21)39(27,28,29,30)31/h3-4,7-10,13-17,20,23,32,34H,5-6,11-12H2,1-2H3. The van der Waals surface area contributed by atoms with Crippen LogP contribution in [0.15, 0.2) is 76.7 Å². The van der Waals surface area contributed by atoms with Crippen LogP contribution in [0.1, 0.15) is 36.2 Å². The van der Waals surface area contributed by atoms with Crippen molar-refractivity contribution in [2.75, 3.05) is 19.4 Å². The molecule has 1 amide bonds. The van der Waals surface area contributed by atoms with Crippen LogP contribution in [-0.4, -0.2) is 45.4 Å². The van der Waals surface area contributed by atoms with Gasteiger partial charge in [0.1, 0.15) is 10.6 Å². The van der Waals surface area contributed by atoms with Gasteiger partial charge in [0.15, 0.2) is 0 Å². The van der Waals surface area contributed by atoms with Crippen LogP contribution < -0.4 is 5.32 Å². The molecule has 4 rings (SSSR count). The molecule has 1 atom stereocenters. The molecule has 39 heavy (non-hydrogen) atoms. The Bertz CT molecular complexity index is 1470. The molecule has 1 aliphatic carbocycles. The first-order chi connectivity index (χ1) is 17.9. The summed E-state index contributed by atoms with van der Waals surface area (Å²) in [5.74, 6) is -0.228. The average molecular weight is 589 g/mol. The Kier molecular flexibility index (Phi) is 7.00. The SMILES string of the molecule is CN(C)C(=O)c1cc(-c2ccc(S(=N)(=O)C3CCC(Nc4ccc(S(F)(F)(F)(F)F)cc4)CC3)cc2)ccn1. The van der Waals surface area contributed by atoms with Crippen LogP contribution in [0, 0.1) is 4.78 Å². The maximum Gasteiger partial charge on any atom is 0.310 e. The van der Waals surface area contributed by atoms with Gasteiger partial charge in [0.2, 0.25) is 0 Å². The lowest BCUT2D eigenvalue weighted by molar-refractivity contribution is 0.0822. The average Bonchev–Trinajstić information content (AvgIpc) is 2.87. The lowest BCUT2D eigenvalue weighted by Crippen LogP contribution is -2.32. The molecule has 3 aromatic rings. The molecule has 2 N–H and O–H groups in total. The Balaban J connectivity index is 1.39. The van der Waals surface area contributed by atoms with Crippen LogP contribution in [-0.2, 0) is 9.73 Å². The molecule has 0 saturated heterocycles. The number of nitrogens with one attached hydrogen (secondary N) is 2. The van der Waals surface area contributed by atoms with Gasteiger partial charge in [-0.2, -0.15) is 0 Å². The number of carbonyl (C=O) groups excluding carboxylic acids is 1. The van der Waals surface area contributed by atoms with E-state index in [0.29, 0.717) is 48.4 Å². The molecule has 0 radical (unpaired) electrons. The van der Waals surface area contributed by atoms with Crippen LogP contribution >= 0.6 is 10.2 Å². The van der Waals surface area contributed by atoms with Gasteiger partial charge in [-0.1, -0.05) is 31.6 Å². The summed E-state index contributed by atoms with van der Waals surface area (Å²) in [4.78, 5) is 16.2. The quantitative estimate of drug-likeness (QED) is 0.275. The highest BCUT2D eigenvalue weighted by Gasteiger charge is 2.65. The lowest BCUT2D eigenvalue weighted by Gasteiger charge is -2.40. The first-order valence-corrected chi connectivity index (χ1v) is 15.7. The number of pyridine rings is 1. The monoisotopic (exact) mass is 588 g/mol. The van der Waals surface area contributed by atoms with Gasteiger partial charge in [0, 0.05) is 42.2 Å². The van der Waals surface area contributed by atoms with Gasteiger partial charge in [-0.05, 0) is 85.3 Å². The second-order valence-corrected chi connectivity index (χ2v) is 14.6. The van der Waals surface area contributed by atoms with Crippen molar-refractivity contribution in [1.29, 1.82) is 4.78 Å². The second-order valence-electron chi connectivity index (χ2n) is 9.87. The predicted octanol–water partition coefficient (Wildman–Crippen LogP) is 7.94. The zero-order chi connectivity index (χ0) is 28.7. The maximum absolute atomic E-state index is 13.5. The van der Waals surface area contributed by atoms with Gasteiger partial charge in [0.05, 0.1) is 9.73 Å². The molecular formula is C26H29F5N4O2S2. The Morgan fingerprint density at radius 3 is 2.05 bits per heavy atom. The summed E-state index contributed by atoms with van der Waals surface area (Å²) in [6.07, 6.45) is 3.53. The molecule has 1 saturated carbocycles. The fourth-order valence-corrected chi connectivity index (χ4v) is 7.09. The van der Waals surface area contributed by atoms with E-state index in [0.717, 1.165) is 23.3 Å². The molecule has 1 unspecified atom stereocenters. The van der Waals surface area contributed by atoms with Gasteiger partial charge in [-0.15, -0.1) is 0 Å². The number of hydrogen-bond acceptors (Lipinski definition) is 5. The lowest BCUT2D eigenvalue weighted by atomic mass is 9.95. The first kappa shape index (κ1) is 28.8. The third-order valence-electron chi connectivity index (χ3n) is 6.74. The highest BCUT2D eigenvalue weighted by atomic mass is 32.5. The van der Waals surface area contributed by atoms with Gasteiger partial charge >= 0.3 is 10.2 Å². The van der Waals surface area contributed by atoms with E-state index in [4.69, 9.17) is 4.78 Å². The smallest absolute Gasteiger partial charge is 0.310 e. The highest BCUT2D eigenvalue weighted by Crippen LogP contribution is 3.02.